The lowest BCUT2D eigenvalue weighted by Crippen LogP contribution is -2.01. The zero-order chi connectivity index (χ0) is 14.0. The van der Waals surface area contributed by atoms with Crippen LogP contribution < -0.4 is 5.32 Å². The Kier molecular flexibility index (Phi) is 4.46. The van der Waals surface area contributed by atoms with Gasteiger partial charge in [0.2, 0.25) is 0 Å². The molecule has 0 saturated heterocycles. The van der Waals surface area contributed by atoms with Crippen molar-refractivity contribution in [2.24, 2.45) is 0 Å². The van der Waals surface area contributed by atoms with E-state index in [0.29, 0.717) is 27.7 Å². The predicted molar refractivity (Wildman–Crippen MR) is 80.2 cm³/mol. The summed E-state index contributed by atoms with van der Waals surface area (Å²) in [6.07, 6.45) is 0. The van der Waals surface area contributed by atoms with Crippen LogP contribution in [0.2, 0.25) is 4.34 Å². The predicted octanol–water partition coefficient (Wildman–Crippen LogP) is 5.10. The SMILES string of the molecule is Cc1c(F)cc(C#N)cc1NCc1cc(Br)c(Cl)s1. The number of nitrogens with zero attached hydrogens (tertiary/aromatic N) is 1. The van der Waals surface area contributed by atoms with Crippen molar-refractivity contribution in [3.63, 3.8) is 0 Å². The van der Waals surface area contributed by atoms with E-state index in [2.05, 4.69) is 21.2 Å². The zero-order valence-electron chi connectivity index (χ0n) is 9.93. The second-order valence-corrected chi connectivity index (χ2v) is 6.52. The van der Waals surface area contributed by atoms with Gasteiger partial charge in [0.1, 0.15) is 10.2 Å². The third-order valence-corrected chi connectivity index (χ3v) is 5.10. The van der Waals surface area contributed by atoms with E-state index in [1.54, 1.807) is 13.0 Å². The molecule has 1 N–H and O–H groups in total. The fourth-order valence-corrected chi connectivity index (χ4v) is 3.32. The molecule has 6 heteroatoms. The van der Waals surface area contributed by atoms with Crippen LogP contribution in [0.3, 0.4) is 0 Å². The Bertz CT molecular complexity index is 644. The lowest BCUT2D eigenvalue weighted by molar-refractivity contribution is 0.618. The van der Waals surface area contributed by atoms with Gasteiger partial charge in [0, 0.05) is 27.1 Å². The van der Waals surface area contributed by atoms with Crippen molar-refractivity contribution in [1.82, 2.24) is 0 Å². The monoisotopic (exact) mass is 358 g/mol. The number of hydrogen-bond acceptors (Lipinski definition) is 3. The second kappa shape index (κ2) is 5.91. The van der Waals surface area contributed by atoms with Crippen LogP contribution in [0.4, 0.5) is 10.1 Å². The number of anilines is 1. The number of halogens is 3. The highest BCUT2D eigenvalue weighted by atomic mass is 79.9. The summed E-state index contributed by atoms with van der Waals surface area (Å²) in [5, 5.41) is 12.0. The summed E-state index contributed by atoms with van der Waals surface area (Å²) in [5.74, 6) is -0.382. The van der Waals surface area contributed by atoms with Crippen molar-refractivity contribution >= 4 is 44.6 Å². The van der Waals surface area contributed by atoms with Crippen LogP contribution in [0.25, 0.3) is 0 Å². The van der Waals surface area contributed by atoms with Gasteiger partial charge in [-0.1, -0.05) is 11.6 Å². The molecule has 0 aliphatic carbocycles. The van der Waals surface area contributed by atoms with Gasteiger partial charge in [-0.3, -0.25) is 0 Å². The van der Waals surface area contributed by atoms with Gasteiger partial charge in [0.15, 0.2) is 0 Å². The number of nitrogens with one attached hydrogen (secondary N) is 1. The van der Waals surface area contributed by atoms with Gasteiger partial charge in [-0.05, 0) is 41.1 Å². The first kappa shape index (κ1) is 14.3. The van der Waals surface area contributed by atoms with Gasteiger partial charge in [-0.15, -0.1) is 11.3 Å². The summed E-state index contributed by atoms with van der Waals surface area (Å²) >= 11 is 10.7. The third-order valence-electron chi connectivity index (χ3n) is 2.62. The van der Waals surface area contributed by atoms with E-state index < -0.39 is 0 Å². The molecule has 0 radical (unpaired) electrons. The highest BCUT2D eigenvalue weighted by Gasteiger charge is 2.09. The highest BCUT2D eigenvalue weighted by molar-refractivity contribution is 9.10. The normalized spacial score (nSPS) is 10.3. The van der Waals surface area contributed by atoms with Crippen LogP contribution in [0.15, 0.2) is 22.7 Å². The molecular weight excluding hydrogens is 351 g/mol. The van der Waals surface area contributed by atoms with Gasteiger partial charge >= 0.3 is 0 Å². The van der Waals surface area contributed by atoms with Gasteiger partial charge in [0.05, 0.1) is 11.6 Å². The molecule has 0 aliphatic heterocycles. The minimum atomic E-state index is -0.382. The molecule has 0 spiro atoms. The Morgan fingerprint density at radius 1 is 1.47 bits per heavy atom. The van der Waals surface area contributed by atoms with Gasteiger partial charge in [0.25, 0.3) is 0 Å². The van der Waals surface area contributed by atoms with E-state index in [0.717, 1.165) is 9.35 Å². The Morgan fingerprint density at radius 3 is 2.79 bits per heavy atom. The van der Waals surface area contributed by atoms with E-state index >= 15 is 0 Å². The number of hydrogen-bond donors (Lipinski definition) is 1. The smallest absolute Gasteiger partial charge is 0.129 e. The second-order valence-electron chi connectivity index (χ2n) is 3.93. The summed E-state index contributed by atoms with van der Waals surface area (Å²) in [6.45, 7) is 2.21. The number of thiophene rings is 1. The maximum Gasteiger partial charge on any atom is 0.129 e. The lowest BCUT2D eigenvalue weighted by atomic mass is 10.1. The molecule has 0 unspecified atom stereocenters. The molecule has 1 heterocycles. The summed E-state index contributed by atoms with van der Waals surface area (Å²) < 4.78 is 15.1. The maximum absolute atomic E-state index is 13.6. The molecule has 98 valence electrons. The average Bonchev–Trinajstić information content (AvgIpc) is 2.70. The molecule has 2 rings (SSSR count). The van der Waals surface area contributed by atoms with Crippen molar-refractivity contribution in [2.45, 2.75) is 13.5 Å². The number of nitriles is 1. The molecule has 0 aliphatic rings. The summed E-state index contributed by atoms with van der Waals surface area (Å²) in [7, 11) is 0. The highest BCUT2D eigenvalue weighted by Crippen LogP contribution is 2.32. The lowest BCUT2D eigenvalue weighted by Gasteiger charge is -2.09. The van der Waals surface area contributed by atoms with Gasteiger partial charge < -0.3 is 5.32 Å². The Morgan fingerprint density at radius 2 is 2.21 bits per heavy atom. The molecule has 0 amide bonds. The maximum atomic E-state index is 13.6. The summed E-state index contributed by atoms with van der Waals surface area (Å²) in [6, 6.07) is 6.73. The van der Waals surface area contributed by atoms with Crippen molar-refractivity contribution in [1.29, 1.82) is 5.26 Å². The standard InChI is InChI=1S/C13H9BrClFN2S/c1-7-11(16)2-8(5-17)3-12(7)18-6-9-4-10(14)13(15)19-9/h2-4,18H,6H2,1H3. The van der Waals surface area contributed by atoms with Crippen LogP contribution in [-0.2, 0) is 6.54 Å². The van der Waals surface area contributed by atoms with Crippen molar-refractivity contribution in [3.8, 4) is 6.07 Å². The summed E-state index contributed by atoms with van der Waals surface area (Å²) in [5.41, 5.74) is 1.42. The molecule has 2 aromatic rings. The fraction of sp³-hybridized carbons (Fsp3) is 0.154. The van der Waals surface area contributed by atoms with Crippen molar-refractivity contribution < 1.29 is 4.39 Å². The Labute approximate surface area is 128 Å². The van der Waals surface area contributed by atoms with Gasteiger partial charge in [-0.2, -0.15) is 5.26 Å². The largest absolute Gasteiger partial charge is 0.380 e. The van der Waals surface area contributed by atoms with Crippen LogP contribution in [-0.4, -0.2) is 0 Å². The first-order valence-electron chi connectivity index (χ1n) is 5.39. The van der Waals surface area contributed by atoms with E-state index in [-0.39, 0.29) is 5.82 Å². The van der Waals surface area contributed by atoms with E-state index in [9.17, 15) is 4.39 Å². The van der Waals surface area contributed by atoms with E-state index in [1.165, 1.54) is 17.4 Å². The minimum absolute atomic E-state index is 0.302. The first-order chi connectivity index (χ1) is 9.01. The van der Waals surface area contributed by atoms with Crippen LogP contribution >= 0.6 is 38.9 Å². The summed E-state index contributed by atoms with van der Waals surface area (Å²) in [4.78, 5) is 1.03. The molecule has 0 atom stereocenters. The molecule has 0 bridgehead atoms. The minimum Gasteiger partial charge on any atom is -0.380 e. The van der Waals surface area contributed by atoms with Crippen LogP contribution in [0.1, 0.15) is 16.0 Å². The van der Waals surface area contributed by atoms with E-state index in [4.69, 9.17) is 16.9 Å². The van der Waals surface area contributed by atoms with Crippen LogP contribution in [0, 0.1) is 24.1 Å². The molecule has 19 heavy (non-hydrogen) atoms. The van der Waals surface area contributed by atoms with Gasteiger partial charge in [-0.25, -0.2) is 4.39 Å². The fourth-order valence-electron chi connectivity index (χ4n) is 1.59. The van der Waals surface area contributed by atoms with Crippen molar-refractivity contribution in [2.75, 3.05) is 5.32 Å². The zero-order valence-corrected chi connectivity index (χ0v) is 13.1. The van der Waals surface area contributed by atoms with Crippen LogP contribution in [0.5, 0.6) is 0 Å². The third kappa shape index (κ3) is 3.27. The van der Waals surface area contributed by atoms with Crippen molar-refractivity contribution in [3.05, 3.63) is 48.8 Å². The number of benzene rings is 1. The molecule has 1 aromatic heterocycles. The topological polar surface area (TPSA) is 35.8 Å². The molecule has 0 fully saturated rings. The average molecular weight is 360 g/mol. The molecular formula is C13H9BrClFN2S. The Balaban J connectivity index is 2.20. The number of rotatable bonds is 3. The first-order valence-corrected chi connectivity index (χ1v) is 7.38. The quantitative estimate of drug-likeness (QED) is 0.828. The molecule has 2 nitrogen and oxygen atoms in total. The Hall–Kier alpha value is -1.09. The molecule has 0 saturated carbocycles. The van der Waals surface area contributed by atoms with E-state index in [1.807, 2.05) is 12.1 Å². The molecule has 1 aromatic carbocycles.